The van der Waals surface area contributed by atoms with Crippen molar-refractivity contribution in [3.8, 4) is 0 Å². The van der Waals surface area contributed by atoms with E-state index < -0.39 is 5.60 Å². The van der Waals surface area contributed by atoms with Crippen LogP contribution in [0.15, 0.2) is 22.7 Å². The minimum Gasteiger partial charge on any atom is -0.390 e. The quantitative estimate of drug-likeness (QED) is 0.811. The third-order valence-corrected chi connectivity index (χ3v) is 4.51. The van der Waals surface area contributed by atoms with Crippen molar-refractivity contribution in [2.75, 3.05) is 18.0 Å². The normalized spacial score (nSPS) is 24.1. The molecule has 1 aliphatic rings. The first-order chi connectivity index (χ1) is 8.89. The van der Waals surface area contributed by atoms with Crippen LogP contribution < -0.4 is 10.6 Å². The van der Waals surface area contributed by atoms with Crippen LogP contribution in [0.5, 0.6) is 0 Å². The molecule has 1 heterocycles. The Morgan fingerprint density at radius 2 is 2.16 bits per heavy atom. The molecule has 1 fully saturated rings. The molecule has 104 valence electrons. The lowest BCUT2D eigenvalue weighted by atomic mass is 9.98. The van der Waals surface area contributed by atoms with E-state index in [0.717, 1.165) is 48.1 Å². The van der Waals surface area contributed by atoms with Crippen molar-refractivity contribution >= 4 is 38.8 Å². The molecule has 0 amide bonds. The Labute approximate surface area is 127 Å². The standard InChI is InChI=1S/C14H19BrN2OS/c1-14(18)5-2-7-17(8-6-14)12-4-3-10(13(16)19)9-11(12)15/h3-4,9,18H,2,5-8H2,1H3,(H2,16,19). The number of thiocarbonyl (C=S) groups is 1. The number of aliphatic hydroxyl groups is 1. The summed E-state index contributed by atoms with van der Waals surface area (Å²) in [4.78, 5) is 2.71. The van der Waals surface area contributed by atoms with Crippen molar-refractivity contribution in [2.24, 2.45) is 5.73 Å². The molecule has 1 aliphatic heterocycles. The molecule has 0 saturated carbocycles. The van der Waals surface area contributed by atoms with Crippen LogP contribution in [0.4, 0.5) is 5.69 Å². The number of nitrogens with two attached hydrogens (primary N) is 1. The fraction of sp³-hybridized carbons (Fsp3) is 0.500. The van der Waals surface area contributed by atoms with Gasteiger partial charge in [-0.1, -0.05) is 12.2 Å². The topological polar surface area (TPSA) is 49.5 Å². The molecule has 3 N–H and O–H groups in total. The Morgan fingerprint density at radius 1 is 1.42 bits per heavy atom. The predicted molar refractivity (Wildman–Crippen MR) is 86.7 cm³/mol. The molecular formula is C14H19BrN2OS. The number of hydrogen-bond acceptors (Lipinski definition) is 3. The molecule has 19 heavy (non-hydrogen) atoms. The number of benzene rings is 1. The molecule has 0 radical (unpaired) electrons. The van der Waals surface area contributed by atoms with Crippen molar-refractivity contribution < 1.29 is 5.11 Å². The Bertz CT molecular complexity index is 490. The average Bonchev–Trinajstić information content (AvgIpc) is 2.50. The van der Waals surface area contributed by atoms with Crippen molar-refractivity contribution in [1.29, 1.82) is 0 Å². The van der Waals surface area contributed by atoms with Crippen LogP contribution in [0.2, 0.25) is 0 Å². The fourth-order valence-electron chi connectivity index (χ4n) is 2.42. The molecule has 1 aromatic carbocycles. The minimum atomic E-state index is -0.542. The molecule has 0 spiro atoms. The zero-order chi connectivity index (χ0) is 14.0. The van der Waals surface area contributed by atoms with Crippen molar-refractivity contribution in [3.63, 3.8) is 0 Å². The van der Waals surface area contributed by atoms with E-state index in [2.05, 4.69) is 20.8 Å². The lowest BCUT2D eigenvalue weighted by Gasteiger charge is -2.25. The highest BCUT2D eigenvalue weighted by Crippen LogP contribution is 2.31. The first-order valence-corrected chi connectivity index (χ1v) is 7.66. The van der Waals surface area contributed by atoms with E-state index >= 15 is 0 Å². The van der Waals surface area contributed by atoms with Gasteiger partial charge in [-0.05, 0) is 60.3 Å². The lowest BCUT2D eigenvalue weighted by molar-refractivity contribution is 0.0481. The fourth-order valence-corrected chi connectivity index (χ4v) is 3.18. The van der Waals surface area contributed by atoms with Gasteiger partial charge in [-0.25, -0.2) is 0 Å². The Kier molecular flexibility index (Phi) is 4.48. The summed E-state index contributed by atoms with van der Waals surface area (Å²) in [6, 6.07) is 5.95. The highest BCUT2D eigenvalue weighted by atomic mass is 79.9. The maximum absolute atomic E-state index is 10.1. The Morgan fingerprint density at radius 3 is 2.79 bits per heavy atom. The van der Waals surface area contributed by atoms with Crippen LogP contribution in [0, 0.1) is 0 Å². The summed E-state index contributed by atoms with van der Waals surface area (Å²) >= 11 is 8.57. The Balaban J connectivity index is 2.20. The summed E-state index contributed by atoms with van der Waals surface area (Å²) in [7, 11) is 0. The zero-order valence-electron chi connectivity index (χ0n) is 11.0. The summed E-state index contributed by atoms with van der Waals surface area (Å²) < 4.78 is 0.999. The van der Waals surface area contributed by atoms with Crippen molar-refractivity contribution in [3.05, 3.63) is 28.2 Å². The van der Waals surface area contributed by atoms with Gasteiger partial charge in [0.15, 0.2) is 0 Å². The van der Waals surface area contributed by atoms with E-state index in [1.807, 2.05) is 25.1 Å². The molecule has 1 saturated heterocycles. The van der Waals surface area contributed by atoms with Crippen molar-refractivity contribution in [1.82, 2.24) is 0 Å². The zero-order valence-corrected chi connectivity index (χ0v) is 13.4. The van der Waals surface area contributed by atoms with Gasteiger partial charge in [-0.15, -0.1) is 0 Å². The van der Waals surface area contributed by atoms with E-state index in [-0.39, 0.29) is 0 Å². The van der Waals surface area contributed by atoms with E-state index in [0.29, 0.717) is 4.99 Å². The van der Waals surface area contributed by atoms with Crippen LogP contribution in [0.1, 0.15) is 31.7 Å². The molecule has 1 unspecified atom stereocenters. The molecule has 3 nitrogen and oxygen atoms in total. The van der Waals surface area contributed by atoms with E-state index in [1.165, 1.54) is 0 Å². The number of rotatable bonds is 2. The predicted octanol–water partition coefficient (Wildman–Crippen LogP) is 2.82. The molecule has 0 bridgehead atoms. The smallest absolute Gasteiger partial charge is 0.104 e. The van der Waals surface area contributed by atoms with Crippen LogP contribution in [0.3, 0.4) is 0 Å². The van der Waals surface area contributed by atoms with Gasteiger partial charge in [0.05, 0.1) is 11.3 Å². The minimum absolute atomic E-state index is 0.408. The molecule has 0 aromatic heterocycles. The monoisotopic (exact) mass is 342 g/mol. The number of hydrogen-bond donors (Lipinski definition) is 2. The summed E-state index contributed by atoms with van der Waals surface area (Å²) in [5.74, 6) is 0. The summed E-state index contributed by atoms with van der Waals surface area (Å²) in [5.41, 5.74) is 7.10. The largest absolute Gasteiger partial charge is 0.390 e. The molecule has 5 heteroatoms. The van der Waals surface area contributed by atoms with Gasteiger partial charge in [0.1, 0.15) is 4.99 Å². The highest BCUT2D eigenvalue weighted by molar-refractivity contribution is 9.10. The second-order valence-electron chi connectivity index (χ2n) is 5.37. The third kappa shape index (κ3) is 3.68. The third-order valence-electron chi connectivity index (χ3n) is 3.64. The lowest BCUT2D eigenvalue weighted by Crippen LogP contribution is -2.28. The molecule has 0 aliphatic carbocycles. The first kappa shape index (κ1) is 14.8. The van der Waals surface area contributed by atoms with Gasteiger partial charge in [0.25, 0.3) is 0 Å². The summed E-state index contributed by atoms with van der Waals surface area (Å²) in [6.45, 7) is 3.74. The van der Waals surface area contributed by atoms with Crippen LogP contribution in [-0.2, 0) is 0 Å². The highest BCUT2D eigenvalue weighted by Gasteiger charge is 2.25. The van der Waals surface area contributed by atoms with E-state index in [4.69, 9.17) is 18.0 Å². The maximum atomic E-state index is 10.1. The van der Waals surface area contributed by atoms with Gasteiger partial charge in [0.2, 0.25) is 0 Å². The first-order valence-electron chi connectivity index (χ1n) is 6.46. The summed E-state index contributed by atoms with van der Waals surface area (Å²) in [6.07, 6.45) is 2.64. The van der Waals surface area contributed by atoms with E-state index in [9.17, 15) is 5.11 Å². The van der Waals surface area contributed by atoms with Crippen molar-refractivity contribution in [2.45, 2.75) is 31.8 Å². The second-order valence-corrected chi connectivity index (χ2v) is 6.66. The van der Waals surface area contributed by atoms with Gasteiger partial charge in [-0.2, -0.15) is 0 Å². The van der Waals surface area contributed by atoms with Gasteiger partial charge >= 0.3 is 0 Å². The van der Waals surface area contributed by atoms with Crippen LogP contribution in [-0.4, -0.2) is 28.8 Å². The average molecular weight is 343 g/mol. The second kappa shape index (κ2) is 5.77. The molecule has 1 aromatic rings. The SMILES string of the molecule is CC1(O)CCCN(c2ccc(C(N)=S)cc2Br)CC1. The number of nitrogens with zero attached hydrogens (tertiary/aromatic N) is 1. The summed E-state index contributed by atoms with van der Waals surface area (Å²) in [5, 5.41) is 10.1. The van der Waals surface area contributed by atoms with Gasteiger partial charge in [0, 0.05) is 23.1 Å². The maximum Gasteiger partial charge on any atom is 0.104 e. The van der Waals surface area contributed by atoms with Crippen LogP contribution >= 0.6 is 28.1 Å². The van der Waals surface area contributed by atoms with Gasteiger partial charge < -0.3 is 15.7 Å². The number of halogens is 1. The van der Waals surface area contributed by atoms with E-state index in [1.54, 1.807) is 0 Å². The van der Waals surface area contributed by atoms with Gasteiger partial charge in [-0.3, -0.25) is 0 Å². The molecule has 1 atom stereocenters. The number of anilines is 1. The molecule has 2 rings (SSSR count). The van der Waals surface area contributed by atoms with Crippen LogP contribution in [0.25, 0.3) is 0 Å². The Hall–Kier alpha value is -0.650. The molecular weight excluding hydrogens is 324 g/mol.